The minimum atomic E-state index is -0.583. The molecule has 2 saturated carbocycles. The summed E-state index contributed by atoms with van der Waals surface area (Å²) in [5.74, 6) is -1.20. The van der Waals surface area contributed by atoms with Crippen molar-refractivity contribution in [3.63, 3.8) is 0 Å². The lowest BCUT2D eigenvalue weighted by atomic mass is 9.84. The van der Waals surface area contributed by atoms with Gasteiger partial charge in [0.2, 0.25) is 11.8 Å². The van der Waals surface area contributed by atoms with Gasteiger partial charge in [0.25, 0.3) is 0 Å². The third-order valence-corrected chi connectivity index (χ3v) is 8.75. The number of hydrogen-bond acceptors (Lipinski definition) is 5. The van der Waals surface area contributed by atoms with Crippen LogP contribution in [0.5, 0.6) is 0 Å². The Morgan fingerprint density at radius 2 is 1.63 bits per heavy atom. The van der Waals surface area contributed by atoms with E-state index in [2.05, 4.69) is 23.8 Å². The van der Waals surface area contributed by atoms with Crippen LogP contribution >= 0.6 is 0 Å². The minimum absolute atomic E-state index is 0.0218. The average Bonchev–Trinajstić information content (AvgIpc) is 3.45. The summed E-state index contributed by atoms with van der Waals surface area (Å²) in [6.45, 7) is 7.62. The van der Waals surface area contributed by atoms with Gasteiger partial charge >= 0.3 is 5.97 Å². The first kappa shape index (κ1) is 32.6. The number of amides is 2. The summed E-state index contributed by atoms with van der Waals surface area (Å²) >= 11 is 0. The third-order valence-electron chi connectivity index (χ3n) is 8.75. The van der Waals surface area contributed by atoms with Gasteiger partial charge in [-0.1, -0.05) is 87.4 Å². The zero-order valence-electron chi connectivity index (χ0n) is 24.7. The van der Waals surface area contributed by atoms with Crippen LogP contribution in [0.1, 0.15) is 89.0 Å². The van der Waals surface area contributed by atoms with Crippen molar-refractivity contribution in [1.29, 1.82) is 0 Å². The van der Waals surface area contributed by atoms with E-state index < -0.39 is 11.5 Å². The van der Waals surface area contributed by atoms with Crippen molar-refractivity contribution in [2.75, 3.05) is 13.2 Å². The molecule has 3 N–H and O–H groups in total. The van der Waals surface area contributed by atoms with E-state index in [1.54, 1.807) is 12.2 Å². The normalized spacial score (nSPS) is 19.0. The second-order valence-corrected chi connectivity index (χ2v) is 12.1. The summed E-state index contributed by atoms with van der Waals surface area (Å²) in [4.78, 5) is 39.6. The van der Waals surface area contributed by atoms with Crippen LogP contribution in [0.4, 0.5) is 0 Å². The van der Waals surface area contributed by atoms with Crippen LogP contribution < -0.4 is 10.6 Å². The van der Waals surface area contributed by atoms with E-state index in [1.165, 1.54) is 19.3 Å². The van der Waals surface area contributed by atoms with E-state index >= 15 is 0 Å². The van der Waals surface area contributed by atoms with Crippen LogP contribution in [0, 0.1) is 17.8 Å². The van der Waals surface area contributed by atoms with Gasteiger partial charge in [0.1, 0.15) is 6.61 Å². The molecule has 2 amide bonds. The quantitative estimate of drug-likeness (QED) is 0.172. The molecular formula is C34H50N2O5. The van der Waals surface area contributed by atoms with Gasteiger partial charge < -0.3 is 20.5 Å². The van der Waals surface area contributed by atoms with Gasteiger partial charge in [0, 0.05) is 6.42 Å². The Hall–Kier alpha value is -2.93. The summed E-state index contributed by atoms with van der Waals surface area (Å²) in [7, 11) is 0. The molecule has 3 rings (SSSR count). The Kier molecular flexibility index (Phi) is 13.6. The highest BCUT2D eigenvalue weighted by atomic mass is 16.5. The molecule has 7 nitrogen and oxygen atoms in total. The Morgan fingerprint density at radius 1 is 0.976 bits per heavy atom. The molecule has 0 unspecified atom stereocenters. The molecule has 0 aromatic heterocycles. The summed E-state index contributed by atoms with van der Waals surface area (Å²) in [5.41, 5.74) is 0.487. The van der Waals surface area contributed by atoms with Crippen molar-refractivity contribution >= 4 is 17.8 Å². The topological polar surface area (TPSA) is 105 Å². The molecule has 1 aromatic carbocycles. The standard InChI is InChI=1S/C34H50N2O5/c1-3-13-28(23-31(38)36-34(25-37)19-11-12-20-34)32(39)35-30(22-27-17-9-6-10-18-27)24-41-33(40)29(14-4-2)21-26-15-7-5-8-16-26/h3-5,7-8,15-16,27-30,37H,1-2,6,9-14,17-25H2,(H,35,39)(H,36,38)/t28-,29+,30+/m1/s1. The summed E-state index contributed by atoms with van der Waals surface area (Å²) < 4.78 is 5.84. The van der Waals surface area contributed by atoms with E-state index in [9.17, 15) is 19.5 Å². The SMILES string of the molecule is C=CC[C@H](CC(=O)NC1(CO)CCCC1)C(=O)N[C@H](COC(=O)[C@@H](CC=C)Cc1ccccc1)CC1CCCCC1. The Balaban J connectivity index is 1.64. The van der Waals surface area contributed by atoms with Crippen molar-refractivity contribution < 1.29 is 24.2 Å². The fraction of sp³-hybridized carbons (Fsp3) is 0.618. The number of hydrogen-bond donors (Lipinski definition) is 3. The number of ether oxygens (including phenoxy) is 1. The maximum atomic E-state index is 13.5. The zero-order chi connectivity index (χ0) is 29.5. The van der Waals surface area contributed by atoms with Crippen molar-refractivity contribution in [2.45, 2.75) is 101 Å². The number of aliphatic hydroxyl groups is 1. The summed E-state index contributed by atoms with van der Waals surface area (Å²) in [6, 6.07) is 9.54. The number of rotatable bonds is 17. The molecule has 1 aromatic rings. The van der Waals surface area contributed by atoms with Gasteiger partial charge in [-0.05, 0) is 50.0 Å². The van der Waals surface area contributed by atoms with E-state index in [-0.39, 0.29) is 49.4 Å². The number of nitrogens with one attached hydrogen (secondary N) is 2. The maximum Gasteiger partial charge on any atom is 0.309 e. The van der Waals surface area contributed by atoms with E-state index in [1.807, 2.05) is 30.3 Å². The Labute approximate surface area is 246 Å². The smallest absolute Gasteiger partial charge is 0.309 e. The van der Waals surface area contributed by atoms with E-state index in [4.69, 9.17) is 4.74 Å². The second kappa shape index (κ2) is 17.1. The first-order valence-corrected chi connectivity index (χ1v) is 15.5. The molecule has 226 valence electrons. The minimum Gasteiger partial charge on any atom is -0.463 e. The lowest BCUT2D eigenvalue weighted by molar-refractivity contribution is -0.150. The fourth-order valence-electron chi connectivity index (χ4n) is 6.41. The van der Waals surface area contributed by atoms with Crippen LogP contribution in [-0.4, -0.2) is 47.7 Å². The van der Waals surface area contributed by atoms with E-state index in [0.717, 1.165) is 50.5 Å². The second-order valence-electron chi connectivity index (χ2n) is 12.1. The average molecular weight is 567 g/mol. The molecule has 0 heterocycles. The molecule has 7 heteroatoms. The first-order chi connectivity index (χ1) is 19.9. The van der Waals surface area contributed by atoms with Gasteiger partial charge in [-0.2, -0.15) is 0 Å². The van der Waals surface area contributed by atoms with Gasteiger partial charge in [-0.15, -0.1) is 13.2 Å². The molecular weight excluding hydrogens is 516 g/mol. The highest BCUT2D eigenvalue weighted by molar-refractivity contribution is 5.86. The third kappa shape index (κ3) is 10.8. The fourth-order valence-corrected chi connectivity index (χ4v) is 6.41. The molecule has 0 saturated heterocycles. The highest BCUT2D eigenvalue weighted by Gasteiger charge is 2.36. The molecule has 0 spiro atoms. The molecule has 2 fully saturated rings. The predicted octanol–water partition coefficient (Wildman–Crippen LogP) is 5.42. The maximum absolute atomic E-state index is 13.5. The number of allylic oxidation sites excluding steroid dienone is 2. The number of benzene rings is 1. The van der Waals surface area contributed by atoms with Crippen molar-refractivity contribution in [3.05, 3.63) is 61.2 Å². The summed E-state index contributed by atoms with van der Waals surface area (Å²) in [6.07, 6.45) is 14.8. The monoisotopic (exact) mass is 566 g/mol. The van der Waals surface area contributed by atoms with Crippen LogP contribution in [0.25, 0.3) is 0 Å². The lowest BCUT2D eigenvalue weighted by Gasteiger charge is -2.30. The number of esters is 1. The number of carbonyl (C=O) groups excluding carboxylic acids is 3. The van der Waals surface area contributed by atoms with Gasteiger partial charge in [-0.3, -0.25) is 14.4 Å². The molecule has 3 atom stereocenters. The Bertz CT molecular complexity index is 982. The predicted molar refractivity (Wildman–Crippen MR) is 162 cm³/mol. The Morgan fingerprint density at radius 3 is 2.27 bits per heavy atom. The molecule has 2 aliphatic carbocycles. The molecule has 2 aliphatic rings. The highest BCUT2D eigenvalue weighted by Crippen LogP contribution is 2.30. The number of carbonyl (C=O) groups is 3. The van der Waals surface area contributed by atoms with Crippen LogP contribution in [0.2, 0.25) is 0 Å². The van der Waals surface area contributed by atoms with Crippen LogP contribution in [0.3, 0.4) is 0 Å². The molecule has 0 radical (unpaired) electrons. The zero-order valence-corrected chi connectivity index (χ0v) is 24.7. The van der Waals surface area contributed by atoms with Crippen molar-refractivity contribution in [1.82, 2.24) is 10.6 Å². The van der Waals surface area contributed by atoms with Gasteiger partial charge in [0.15, 0.2) is 0 Å². The van der Waals surface area contributed by atoms with Crippen LogP contribution in [-0.2, 0) is 25.5 Å². The molecule has 0 aliphatic heterocycles. The van der Waals surface area contributed by atoms with Crippen molar-refractivity contribution in [3.8, 4) is 0 Å². The van der Waals surface area contributed by atoms with Crippen LogP contribution in [0.15, 0.2) is 55.6 Å². The molecule has 41 heavy (non-hydrogen) atoms. The number of aliphatic hydroxyl groups excluding tert-OH is 1. The first-order valence-electron chi connectivity index (χ1n) is 15.5. The largest absolute Gasteiger partial charge is 0.463 e. The van der Waals surface area contributed by atoms with Gasteiger partial charge in [0.05, 0.1) is 30.0 Å². The lowest BCUT2D eigenvalue weighted by Crippen LogP contribution is -2.50. The molecule has 0 bridgehead atoms. The van der Waals surface area contributed by atoms with E-state index in [0.29, 0.717) is 25.2 Å². The van der Waals surface area contributed by atoms with Gasteiger partial charge in [-0.25, -0.2) is 0 Å². The van der Waals surface area contributed by atoms with Crippen molar-refractivity contribution in [2.24, 2.45) is 17.8 Å². The summed E-state index contributed by atoms with van der Waals surface area (Å²) in [5, 5.41) is 16.0.